The molecule has 2 aromatic rings. The molecule has 0 atom stereocenters. The maximum Gasteiger partial charge on any atom is 0.195 e. The minimum Gasteiger partial charge on any atom is -0.497 e. The number of methoxy groups -OCH3 is 1. The van der Waals surface area contributed by atoms with Crippen LogP contribution in [0.25, 0.3) is 0 Å². The number of halogens is 1. The molecule has 0 saturated heterocycles. The van der Waals surface area contributed by atoms with Crippen molar-refractivity contribution in [2.75, 3.05) is 7.11 Å². The van der Waals surface area contributed by atoms with Crippen molar-refractivity contribution in [2.45, 2.75) is 6.92 Å². The topological polar surface area (TPSA) is 26.3 Å². The van der Waals surface area contributed by atoms with E-state index in [0.29, 0.717) is 11.3 Å². The molecule has 2 nitrogen and oxygen atoms in total. The first-order valence-electron chi connectivity index (χ1n) is 5.56. The Balaban J connectivity index is 2.40. The second kappa shape index (κ2) is 5.00. The average molecular weight is 244 g/mol. The lowest BCUT2D eigenvalue weighted by atomic mass is 10.0. The molecular weight excluding hydrogens is 231 g/mol. The van der Waals surface area contributed by atoms with E-state index in [1.165, 1.54) is 19.2 Å². The summed E-state index contributed by atoms with van der Waals surface area (Å²) < 4.78 is 18.7. The van der Waals surface area contributed by atoms with Gasteiger partial charge in [0.25, 0.3) is 0 Å². The highest BCUT2D eigenvalue weighted by molar-refractivity contribution is 6.09. The fraction of sp³-hybridized carbons (Fsp3) is 0.133. The largest absolute Gasteiger partial charge is 0.497 e. The van der Waals surface area contributed by atoms with Gasteiger partial charge in [0.2, 0.25) is 0 Å². The van der Waals surface area contributed by atoms with Crippen LogP contribution >= 0.6 is 0 Å². The lowest BCUT2D eigenvalue weighted by Gasteiger charge is -2.05. The van der Waals surface area contributed by atoms with E-state index in [-0.39, 0.29) is 11.3 Å². The van der Waals surface area contributed by atoms with Crippen molar-refractivity contribution in [1.29, 1.82) is 0 Å². The highest BCUT2D eigenvalue weighted by Crippen LogP contribution is 2.19. The predicted molar refractivity (Wildman–Crippen MR) is 67.6 cm³/mol. The molecule has 0 aliphatic heterocycles. The van der Waals surface area contributed by atoms with E-state index >= 15 is 0 Å². The van der Waals surface area contributed by atoms with Gasteiger partial charge in [-0.3, -0.25) is 4.79 Å². The molecule has 0 N–H and O–H groups in total. The van der Waals surface area contributed by atoms with Gasteiger partial charge in [0.15, 0.2) is 5.78 Å². The Bertz CT molecular complexity index is 591. The van der Waals surface area contributed by atoms with Crippen molar-refractivity contribution in [3.05, 3.63) is 65.0 Å². The third kappa shape index (κ3) is 2.40. The minimum absolute atomic E-state index is 0.0569. The molecule has 0 saturated carbocycles. The van der Waals surface area contributed by atoms with Crippen LogP contribution in [0.4, 0.5) is 4.39 Å². The van der Waals surface area contributed by atoms with Gasteiger partial charge in [0.05, 0.1) is 12.7 Å². The fourth-order valence-corrected chi connectivity index (χ4v) is 1.75. The van der Waals surface area contributed by atoms with Crippen molar-refractivity contribution in [2.24, 2.45) is 0 Å². The third-order valence-electron chi connectivity index (χ3n) is 2.70. The number of ether oxygens (including phenoxy) is 1. The lowest BCUT2D eigenvalue weighted by molar-refractivity contribution is 0.103. The van der Waals surface area contributed by atoms with E-state index in [1.54, 1.807) is 24.3 Å². The molecule has 0 heterocycles. The number of rotatable bonds is 3. The summed E-state index contributed by atoms with van der Waals surface area (Å²) in [5.74, 6) is -0.493. The van der Waals surface area contributed by atoms with E-state index in [1.807, 2.05) is 13.0 Å². The summed E-state index contributed by atoms with van der Waals surface area (Å²) in [6, 6.07) is 11.3. The monoisotopic (exact) mass is 244 g/mol. The Hall–Kier alpha value is -2.16. The number of hydrogen-bond acceptors (Lipinski definition) is 2. The number of carbonyl (C=O) groups excluding carboxylic acids is 1. The van der Waals surface area contributed by atoms with Crippen LogP contribution in [0.1, 0.15) is 21.5 Å². The maximum atomic E-state index is 13.8. The predicted octanol–water partition coefficient (Wildman–Crippen LogP) is 3.37. The number of benzene rings is 2. The second-order valence-electron chi connectivity index (χ2n) is 4.04. The Morgan fingerprint density at radius 2 is 1.94 bits per heavy atom. The van der Waals surface area contributed by atoms with Crippen LogP contribution in [0.3, 0.4) is 0 Å². The van der Waals surface area contributed by atoms with Gasteiger partial charge in [-0.15, -0.1) is 0 Å². The summed E-state index contributed by atoms with van der Waals surface area (Å²) in [4.78, 5) is 12.1. The summed E-state index contributed by atoms with van der Waals surface area (Å²) in [5.41, 5.74) is 1.51. The Morgan fingerprint density at radius 3 is 2.56 bits per heavy atom. The quantitative estimate of drug-likeness (QED) is 0.774. The van der Waals surface area contributed by atoms with Gasteiger partial charge in [0, 0.05) is 11.6 Å². The first kappa shape index (κ1) is 12.3. The van der Waals surface area contributed by atoms with Gasteiger partial charge in [-0.2, -0.15) is 0 Å². The fourth-order valence-electron chi connectivity index (χ4n) is 1.75. The van der Waals surface area contributed by atoms with Crippen molar-refractivity contribution in [3.63, 3.8) is 0 Å². The van der Waals surface area contributed by atoms with Gasteiger partial charge in [-0.05, 0) is 25.1 Å². The minimum atomic E-state index is -0.569. The van der Waals surface area contributed by atoms with Crippen LogP contribution in [0.5, 0.6) is 5.75 Å². The SMILES string of the molecule is COc1ccc(C(=O)c2cccc(C)c2)c(F)c1. The lowest BCUT2D eigenvalue weighted by Crippen LogP contribution is -2.04. The van der Waals surface area contributed by atoms with E-state index in [4.69, 9.17) is 4.74 Å². The molecule has 0 aromatic heterocycles. The zero-order valence-electron chi connectivity index (χ0n) is 10.2. The van der Waals surface area contributed by atoms with Crippen molar-refractivity contribution in [3.8, 4) is 5.75 Å². The van der Waals surface area contributed by atoms with Crippen LogP contribution in [0.2, 0.25) is 0 Å². The molecule has 0 aliphatic carbocycles. The molecule has 0 fully saturated rings. The zero-order chi connectivity index (χ0) is 13.1. The highest BCUT2D eigenvalue weighted by Gasteiger charge is 2.14. The van der Waals surface area contributed by atoms with Crippen LogP contribution in [-0.4, -0.2) is 12.9 Å². The molecule has 0 amide bonds. The number of ketones is 1. The molecule has 3 heteroatoms. The standard InChI is InChI=1S/C15H13FO2/c1-10-4-3-5-11(8-10)15(17)13-7-6-12(18-2)9-14(13)16/h3-9H,1-2H3. The summed E-state index contributed by atoms with van der Waals surface area (Å²) >= 11 is 0. The van der Waals surface area contributed by atoms with Gasteiger partial charge in [-0.25, -0.2) is 4.39 Å². The number of hydrogen-bond donors (Lipinski definition) is 0. The first-order valence-corrected chi connectivity index (χ1v) is 5.56. The van der Waals surface area contributed by atoms with Crippen LogP contribution in [0, 0.1) is 12.7 Å². The highest BCUT2D eigenvalue weighted by atomic mass is 19.1. The second-order valence-corrected chi connectivity index (χ2v) is 4.04. The molecular formula is C15H13FO2. The average Bonchev–Trinajstić information content (AvgIpc) is 2.37. The van der Waals surface area contributed by atoms with Crippen LogP contribution < -0.4 is 4.74 Å². The molecule has 0 unspecified atom stereocenters. The maximum absolute atomic E-state index is 13.8. The smallest absolute Gasteiger partial charge is 0.195 e. The molecule has 92 valence electrons. The molecule has 0 spiro atoms. The summed E-state index contributed by atoms with van der Waals surface area (Å²) in [6.07, 6.45) is 0. The Morgan fingerprint density at radius 1 is 1.17 bits per heavy atom. The molecule has 2 rings (SSSR count). The van der Waals surface area contributed by atoms with E-state index in [2.05, 4.69) is 0 Å². The molecule has 0 bridgehead atoms. The first-order chi connectivity index (χ1) is 8.61. The summed E-state index contributed by atoms with van der Waals surface area (Å²) in [5, 5.41) is 0. The van der Waals surface area contributed by atoms with Gasteiger partial charge >= 0.3 is 0 Å². The molecule has 0 aliphatic rings. The Kier molecular flexibility index (Phi) is 3.42. The molecule has 18 heavy (non-hydrogen) atoms. The van der Waals surface area contributed by atoms with E-state index in [9.17, 15) is 9.18 Å². The van der Waals surface area contributed by atoms with Crippen LogP contribution in [-0.2, 0) is 0 Å². The number of aryl methyl sites for hydroxylation is 1. The van der Waals surface area contributed by atoms with Crippen molar-refractivity contribution < 1.29 is 13.9 Å². The Labute approximate surface area is 105 Å². The van der Waals surface area contributed by atoms with Crippen molar-refractivity contribution >= 4 is 5.78 Å². The normalized spacial score (nSPS) is 10.2. The van der Waals surface area contributed by atoms with Crippen LogP contribution in [0.15, 0.2) is 42.5 Å². The number of carbonyl (C=O) groups is 1. The van der Waals surface area contributed by atoms with Crippen molar-refractivity contribution in [1.82, 2.24) is 0 Å². The molecule has 0 radical (unpaired) electrons. The summed E-state index contributed by atoms with van der Waals surface area (Å²) in [7, 11) is 1.46. The van der Waals surface area contributed by atoms with Gasteiger partial charge in [-0.1, -0.05) is 23.8 Å². The van der Waals surface area contributed by atoms with E-state index in [0.717, 1.165) is 5.56 Å². The zero-order valence-corrected chi connectivity index (χ0v) is 10.2. The van der Waals surface area contributed by atoms with Gasteiger partial charge < -0.3 is 4.74 Å². The summed E-state index contributed by atoms with van der Waals surface area (Å²) in [6.45, 7) is 1.89. The van der Waals surface area contributed by atoms with E-state index < -0.39 is 5.82 Å². The molecule has 2 aromatic carbocycles. The third-order valence-corrected chi connectivity index (χ3v) is 2.70. The van der Waals surface area contributed by atoms with Gasteiger partial charge in [0.1, 0.15) is 11.6 Å².